The molecular formula is C7H13Br2N3. The smallest absolute Gasteiger partial charge is 0.0632 e. The highest BCUT2D eigenvalue weighted by Crippen LogP contribution is 2.07. The van der Waals surface area contributed by atoms with Gasteiger partial charge < -0.3 is 5.73 Å². The summed E-state index contributed by atoms with van der Waals surface area (Å²) in [5.74, 6) is 0.488. The molecule has 1 unspecified atom stereocenters. The Bertz CT molecular complexity index is 224. The molecule has 0 fully saturated rings. The molecule has 1 aromatic rings. The molecule has 0 saturated heterocycles. The monoisotopic (exact) mass is 297 g/mol. The van der Waals surface area contributed by atoms with E-state index < -0.39 is 0 Å². The van der Waals surface area contributed by atoms with Crippen molar-refractivity contribution < 1.29 is 0 Å². The predicted molar refractivity (Wildman–Crippen MR) is 58.5 cm³/mol. The van der Waals surface area contributed by atoms with Crippen LogP contribution in [-0.4, -0.2) is 16.3 Å². The van der Waals surface area contributed by atoms with Crippen molar-refractivity contribution in [2.24, 2.45) is 11.7 Å². The van der Waals surface area contributed by atoms with Crippen LogP contribution in [0.4, 0.5) is 0 Å². The van der Waals surface area contributed by atoms with Crippen LogP contribution in [0.25, 0.3) is 0 Å². The van der Waals surface area contributed by atoms with Crippen LogP contribution >= 0.6 is 32.9 Å². The van der Waals surface area contributed by atoms with Crippen molar-refractivity contribution in [3.63, 3.8) is 0 Å². The van der Waals surface area contributed by atoms with E-state index in [9.17, 15) is 0 Å². The van der Waals surface area contributed by atoms with Crippen molar-refractivity contribution in [3.05, 3.63) is 16.9 Å². The Morgan fingerprint density at radius 3 is 2.83 bits per heavy atom. The van der Waals surface area contributed by atoms with E-state index in [2.05, 4.69) is 28.0 Å². The second kappa shape index (κ2) is 5.72. The zero-order valence-electron chi connectivity index (χ0n) is 6.90. The average molecular weight is 299 g/mol. The largest absolute Gasteiger partial charge is 0.330 e. The first-order chi connectivity index (χ1) is 5.22. The molecule has 2 N–H and O–H groups in total. The van der Waals surface area contributed by atoms with E-state index in [0.29, 0.717) is 12.5 Å². The minimum Gasteiger partial charge on any atom is -0.330 e. The summed E-state index contributed by atoms with van der Waals surface area (Å²) in [6, 6.07) is 0. The SMILES string of the molecule is Br.CC(CN)Cn1cc(Br)cn1. The lowest BCUT2D eigenvalue weighted by atomic mass is 10.2. The quantitative estimate of drug-likeness (QED) is 0.925. The highest BCUT2D eigenvalue weighted by atomic mass is 79.9. The lowest BCUT2D eigenvalue weighted by Gasteiger charge is -2.06. The summed E-state index contributed by atoms with van der Waals surface area (Å²) in [5.41, 5.74) is 5.47. The van der Waals surface area contributed by atoms with Crippen LogP contribution < -0.4 is 5.73 Å². The third-order valence-corrected chi connectivity index (χ3v) is 1.91. The number of halogens is 2. The number of hydrogen-bond donors (Lipinski definition) is 1. The van der Waals surface area contributed by atoms with Crippen molar-refractivity contribution in [1.82, 2.24) is 9.78 Å². The fourth-order valence-electron chi connectivity index (χ4n) is 0.832. The van der Waals surface area contributed by atoms with Gasteiger partial charge in [-0.3, -0.25) is 4.68 Å². The summed E-state index contributed by atoms with van der Waals surface area (Å²) < 4.78 is 2.91. The molecule has 0 aromatic carbocycles. The number of aromatic nitrogens is 2. The Labute approximate surface area is 91.2 Å². The van der Waals surface area contributed by atoms with Gasteiger partial charge in [-0.2, -0.15) is 5.10 Å². The Hall–Kier alpha value is 0.130. The average Bonchev–Trinajstić information content (AvgIpc) is 2.35. The number of hydrogen-bond acceptors (Lipinski definition) is 2. The Kier molecular flexibility index (Phi) is 5.78. The van der Waals surface area contributed by atoms with Gasteiger partial charge in [-0.05, 0) is 28.4 Å². The van der Waals surface area contributed by atoms with Crippen LogP contribution in [0.1, 0.15) is 6.92 Å². The third-order valence-electron chi connectivity index (χ3n) is 1.50. The van der Waals surface area contributed by atoms with Crippen molar-refractivity contribution in [3.8, 4) is 0 Å². The fraction of sp³-hybridized carbons (Fsp3) is 0.571. The van der Waals surface area contributed by atoms with Crippen molar-refractivity contribution >= 4 is 32.9 Å². The minimum atomic E-state index is 0. The maximum absolute atomic E-state index is 5.47. The zero-order chi connectivity index (χ0) is 8.27. The van der Waals surface area contributed by atoms with Gasteiger partial charge in [-0.25, -0.2) is 0 Å². The number of nitrogens with two attached hydrogens (primary N) is 1. The van der Waals surface area contributed by atoms with Gasteiger partial charge in [0.25, 0.3) is 0 Å². The van der Waals surface area contributed by atoms with Gasteiger partial charge in [0.05, 0.1) is 10.7 Å². The molecule has 0 aliphatic heterocycles. The molecule has 12 heavy (non-hydrogen) atoms. The zero-order valence-corrected chi connectivity index (χ0v) is 10.2. The van der Waals surface area contributed by atoms with Gasteiger partial charge in [0.1, 0.15) is 0 Å². The second-order valence-electron chi connectivity index (χ2n) is 2.72. The molecule has 5 heteroatoms. The first-order valence-corrected chi connectivity index (χ1v) is 4.39. The van der Waals surface area contributed by atoms with Crippen molar-refractivity contribution in [2.75, 3.05) is 6.54 Å². The molecule has 70 valence electrons. The van der Waals surface area contributed by atoms with Crippen LogP contribution in [0.2, 0.25) is 0 Å². The molecular weight excluding hydrogens is 286 g/mol. The number of nitrogens with zero attached hydrogens (tertiary/aromatic N) is 2. The van der Waals surface area contributed by atoms with E-state index in [4.69, 9.17) is 5.73 Å². The van der Waals surface area contributed by atoms with Crippen LogP contribution in [0, 0.1) is 5.92 Å². The Balaban J connectivity index is 0.00000121. The molecule has 3 nitrogen and oxygen atoms in total. The Morgan fingerprint density at radius 2 is 2.42 bits per heavy atom. The normalized spacial score (nSPS) is 12.2. The van der Waals surface area contributed by atoms with Gasteiger partial charge in [0.15, 0.2) is 0 Å². The van der Waals surface area contributed by atoms with E-state index in [1.165, 1.54) is 0 Å². The van der Waals surface area contributed by atoms with Crippen LogP contribution in [-0.2, 0) is 6.54 Å². The summed E-state index contributed by atoms with van der Waals surface area (Å²) in [6.07, 6.45) is 3.73. The van der Waals surface area contributed by atoms with Crippen LogP contribution in [0.15, 0.2) is 16.9 Å². The molecule has 0 amide bonds. The highest BCUT2D eigenvalue weighted by molar-refractivity contribution is 9.10. The van der Waals surface area contributed by atoms with E-state index in [1.54, 1.807) is 6.20 Å². The van der Waals surface area contributed by atoms with E-state index in [0.717, 1.165) is 11.0 Å². The lowest BCUT2D eigenvalue weighted by molar-refractivity contribution is 0.458. The van der Waals surface area contributed by atoms with Crippen LogP contribution in [0.3, 0.4) is 0 Å². The van der Waals surface area contributed by atoms with E-state index in [-0.39, 0.29) is 17.0 Å². The molecule has 0 radical (unpaired) electrons. The molecule has 1 heterocycles. The van der Waals surface area contributed by atoms with Gasteiger partial charge >= 0.3 is 0 Å². The second-order valence-corrected chi connectivity index (χ2v) is 3.64. The topological polar surface area (TPSA) is 43.8 Å². The molecule has 1 atom stereocenters. The summed E-state index contributed by atoms with van der Waals surface area (Å²) >= 11 is 3.33. The maximum Gasteiger partial charge on any atom is 0.0632 e. The molecule has 0 spiro atoms. The Morgan fingerprint density at radius 1 is 1.75 bits per heavy atom. The first-order valence-electron chi connectivity index (χ1n) is 3.60. The molecule has 1 aromatic heterocycles. The van der Waals surface area contributed by atoms with Gasteiger partial charge in [-0.1, -0.05) is 6.92 Å². The molecule has 0 bridgehead atoms. The molecule has 0 aliphatic rings. The third kappa shape index (κ3) is 3.69. The van der Waals surface area contributed by atoms with E-state index >= 15 is 0 Å². The molecule has 0 saturated carbocycles. The first kappa shape index (κ1) is 12.1. The maximum atomic E-state index is 5.47. The van der Waals surface area contributed by atoms with Gasteiger partial charge in [-0.15, -0.1) is 17.0 Å². The summed E-state index contributed by atoms with van der Waals surface area (Å²) in [7, 11) is 0. The standard InChI is InChI=1S/C7H12BrN3.BrH/c1-6(2-9)4-11-5-7(8)3-10-11;/h3,5-6H,2,4,9H2,1H3;1H. The van der Waals surface area contributed by atoms with Gasteiger partial charge in [0.2, 0.25) is 0 Å². The lowest BCUT2D eigenvalue weighted by Crippen LogP contribution is -2.17. The van der Waals surface area contributed by atoms with Crippen molar-refractivity contribution in [2.45, 2.75) is 13.5 Å². The molecule has 1 rings (SSSR count). The fourth-order valence-corrected chi connectivity index (χ4v) is 1.16. The van der Waals surface area contributed by atoms with Crippen molar-refractivity contribution in [1.29, 1.82) is 0 Å². The predicted octanol–water partition coefficient (Wildman–Crippen LogP) is 1.82. The summed E-state index contributed by atoms with van der Waals surface area (Å²) in [5, 5.41) is 4.12. The highest BCUT2D eigenvalue weighted by Gasteiger charge is 2.00. The van der Waals surface area contributed by atoms with Crippen LogP contribution in [0.5, 0.6) is 0 Å². The van der Waals surface area contributed by atoms with E-state index in [1.807, 2.05) is 10.9 Å². The minimum absolute atomic E-state index is 0. The number of rotatable bonds is 3. The summed E-state index contributed by atoms with van der Waals surface area (Å²) in [4.78, 5) is 0. The summed E-state index contributed by atoms with van der Waals surface area (Å²) in [6.45, 7) is 3.70. The molecule has 0 aliphatic carbocycles. The van der Waals surface area contributed by atoms with Gasteiger partial charge in [0, 0.05) is 12.7 Å².